The van der Waals surface area contributed by atoms with Crippen molar-refractivity contribution in [2.24, 2.45) is 5.10 Å². The normalized spacial score (nSPS) is 10.9. The quantitative estimate of drug-likeness (QED) is 0.215. The summed E-state index contributed by atoms with van der Waals surface area (Å²) in [7, 11) is 0. The van der Waals surface area contributed by atoms with Gasteiger partial charge in [-0.3, -0.25) is 4.79 Å². The van der Waals surface area contributed by atoms with Crippen LogP contribution >= 0.6 is 0 Å². The lowest BCUT2D eigenvalue weighted by Gasteiger charge is -2.11. The number of carbonyl (C=O) groups is 2. The zero-order valence-electron chi connectivity index (χ0n) is 16.9. The standard InChI is InChI=1S/C26H20N2O3/c1-18-8-7-12-21(16-18)26(30)31-24-15-14-19-9-5-6-13-22(19)23(24)17-27-28-25(29)20-10-3-2-4-11-20/h2-17H,1H3,(H,28,29). The molecule has 31 heavy (non-hydrogen) atoms. The second-order valence-electron chi connectivity index (χ2n) is 7.02. The number of carbonyl (C=O) groups excluding carboxylic acids is 2. The van der Waals surface area contributed by atoms with E-state index in [-0.39, 0.29) is 5.91 Å². The highest BCUT2D eigenvalue weighted by atomic mass is 16.5. The Bertz CT molecular complexity index is 1280. The fourth-order valence-electron chi connectivity index (χ4n) is 3.24. The van der Waals surface area contributed by atoms with Crippen molar-refractivity contribution < 1.29 is 14.3 Å². The predicted molar refractivity (Wildman–Crippen MR) is 122 cm³/mol. The second kappa shape index (κ2) is 9.05. The number of nitrogens with one attached hydrogen (secondary N) is 1. The summed E-state index contributed by atoms with van der Waals surface area (Å²) in [4.78, 5) is 25.0. The summed E-state index contributed by atoms with van der Waals surface area (Å²) < 4.78 is 5.69. The van der Waals surface area contributed by atoms with Gasteiger partial charge in [0.2, 0.25) is 0 Å². The first-order valence-electron chi connectivity index (χ1n) is 9.81. The van der Waals surface area contributed by atoms with E-state index in [4.69, 9.17) is 4.74 Å². The molecule has 0 fully saturated rings. The van der Waals surface area contributed by atoms with Gasteiger partial charge in [0.1, 0.15) is 5.75 Å². The van der Waals surface area contributed by atoms with Gasteiger partial charge in [-0.15, -0.1) is 0 Å². The molecule has 0 aliphatic heterocycles. The van der Waals surface area contributed by atoms with E-state index in [1.54, 1.807) is 42.5 Å². The van der Waals surface area contributed by atoms with Crippen molar-refractivity contribution in [1.82, 2.24) is 5.43 Å². The van der Waals surface area contributed by atoms with Crippen molar-refractivity contribution >= 4 is 28.9 Å². The largest absolute Gasteiger partial charge is 0.422 e. The van der Waals surface area contributed by atoms with Gasteiger partial charge >= 0.3 is 5.97 Å². The summed E-state index contributed by atoms with van der Waals surface area (Å²) >= 11 is 0. The molecule has 5 heteroatoms. The molecule has 0 heterocycles. The molecule has 0 bridgehead atoms. The number of benzene rings is 4. The van der Waals surface area contributed by atoms with Crippen molar-refractivity contribution in [3.63, 3.8) is 0 Å². The molecule has 4 aromatic rings. The minimum absolute atomic E-state index is 0.324. The number of fused-ring (bicyclic) bond motifs is 1. The number of amides is 1. The fraction of sp³-hybridized carbons (Fsp3) is 0.0385. The highest BCUT2D eigenvalue weighted by Crippen LogP contribution is 2.27. The minimum Gasteiger partial charge on any atom is -0.422 e. The first-order chi connectivity index (χ1) is 15.1. The van der Waals surface area contributed by atoms with Crippen molar-refractivity contribution in [1.29, 1.82) is 0 Å². The Morgan fingerprint density at radius 1 is 0.839 bits per heavy atom. The van der Waals surface area contributed by atoms with Crippen LogP contribution in [0.3, 0.4) is 0 Å². The molecule has 0 saturated carbocycles. The Morgan fingerprint density at radius 2 is 1.58 bits per heavy atom. The number of ether oxygens (including phenoxy) is 1. The monoisotopic (exact) mass is 408 g/mol. The van der Waals surface area contributed by atoms with Crippen LogP contribution in [0.25, 0.3) is 10.8 Å². The maximum absolute atomic E-state index is 12.7. The predicted octanol–water partition coefficient (Wildman–Crippen LogP) is 5.13. The maximum atomic E-state index is 12.7. The lowest BCUT2D eigenvalue weighted by atomic mass is 10.0. The van der Waals surface area contributed by atoms with Crippen LogP contribution in [-0.4, -0.2) is 18.1 Å². The molecule has 0 saturated heterocycles. The lowest BCUT2D eigenvalue weighted by Crippen LogP contribution is -2.17. The third-order valence-corrected chi connectivity index (χ3v) is 4.78. The van der Waals surface area contributed by atoms with Gasteiger partial charge in [-0.1, -0.05) is 66.2 Å². The van der Waals surface area contributed by atoms with Crippen molar-refractivity contribution in [3.8, 4) is 5.75 Å². The molecule has 0 aliphatic carbocycles. The van der Waals surface area contributed by atoms with E-state index in [1.165, 1.54) is 6.21 Å². The Labute approximate surface area is 180 Å². The Balaban J connectivity index is 1.64. The van der Waals surface area contributed by atoms with Gasteiger partial charge in [-0.25, -0.2) is 10.2 Å². The Morgan fingerprint density at radius 3 is 2.39 bits per heavy atom. The number of nitrogens with zero attached hydrogens (tertiary/aromatic N) is 1. The number of rotatable bonds is 5. The van der Waals surface area contributed by atoms with Crippen LogP contribution in [0.15, 0.2) is 96.1 Å². The van der Waals surface area contributed by atoms with Crippen molar-refractivity contribution in [3.05, 3.63) is 113 Å². The zero-order chi connectivity index (χ0) is 21.6. The van der Waals surface area contributed by atoms with E-state index in [2.05, 4.69) is 10.5 Å². The summed E-state index contributed by atoms with van der Waals surface area (Å²) in [6.45, 7) is 1.92. The highest BCUT2D eigenvalue weighted by molar-refractivity contribution is 6.04. The van der Waals surface area contributed by atoms with Gasteiger partial charge < -0.3 is 4.74 Å². The van der Waals surface area contributed by atoms with E-state index in [1.807, 2.05) is 55.5 Å². The first kappa shape index (κ1) is 20.0. The molecule has 0 aliphatic rings. The van der Waals surface area contributed by atoms with Crippen LogP contribution in [-0.2, 0) is 0 Å². The van der Waals surface area contributed by atoms with Crippen LogP contribution in [0.4, 0.5) is 0 Å². The van der Waals surface area contributed by atoms with Crippen LogP contribution < -0.4 is 10.2 Å². The maximum Gasteiger partial charge on any atom is 0.343 e. The highest BCUT2D eigenvalue weighted by Gasteiger charge is 2.14. The van der Waals surface area contributed by atoms with E-state index in [9.17, 15) is 9.59 Å². The fourth-order valence-corrected chi connectivity index (χ4v) is 3.24. The average molecular weight is 408 g/mol. The molecule has 4 rings (SSSR count). The molecular formula is C26H20N2O3. The van der Waals surface area contributed by atoms with E-state index in [0.29, 0.717) is 22.4 Å². The van der Waals surface area contributed by atoms with E-state index in [0.717, 1.165) is 16.3 Å². The lowest BCUT2D eigenvalue weighted by molar-refractivity contribution is 0.0734. The number of hydrogen-bond donors (Lipinski definition) is 1. The topological polar surface area (TPSA) is 67.8 Å². The smallest absolute Gasteiger partial charge is 0.343 e. The average Bonchev–Trinajstić information content (AvgIpc) is 2.80. The van der Waals surface area contributed by atoms with Gasteiger partial charge in [0, 0.05) is 11.1 Å². The summed E-state index contributed by atoms with van der Waals surface area (Å²) in [5.74, 6) is -0.416. The molecule has 5 nitrogen and oxygen atoms in total. The molecule has 4 aromatic carbocycles. The zero-order valence-corrected chi connectivity index (χ0v) is 16.9. The van der Waals surface area contributed by atoms with Gasteiger partial charge in [0.15, 0.2) is 0 Å². The molecule has 0 radical (unpaired) electrons. The molecule has 1 amide bonds. The third-order valence-electron chi connectivity index (χ3n) is 4.78. The molecule has 0 aromatic heterocycles. The molecule has 1 N–H and O–H groups in total. The van der Waals surface area contributed by atoms with Crippen molar-refractivity contribution in [2.45, 2.75) is 6.92 Å². The van der Waals surface area contributed by atoms with Crippen LogP contribution in [0.2, 0.25) is 0 Å². The Kier molecular flexibility index (Phi) is 5.85. The summed E-state index contributed by atoms with van der Waals surface area (Å²) in [5.41, 5.74) is 5.07. The van der Waals surface area contributed by atoms with E-state index >= 15 is 0 Å². The summed E-state index contributed by atoms with van der Waals surface area (Å²) in [6, 6.07) is 27.4. The van der Waals surface area contributed by atoms with Gasteiger partial charge in [-0.05, 0) is 48.0 Å². The summed E-state index contributed by atoms with van der Waals surface area (Å²) in [6.07, 6.45) is 1.50. The number of esters is 1. The number of aryl methyl sites for hydroxylation is 1. The number of hydrazone groups is 1. The summed E-state index contributed by atoms with van der Waals surface area (Å²) in [5, 5.41) is 5.93. The molecule has 0 unspecified atom stereocenters. The van der Waals surface area contributed by atoms with Crippen LogP contribution in [0.1, 0.15) is 31.8 Å². The minimum atomic E-state index is -0.457. The van der Waals surface area contributed by atoms with Gasteiger partial charge in [0.05, 0.1) is 11.8 Å². The second-order valence-corrected chi connectivity index (χ2v) is 7.02. The van der Waals surface area contributed by atoms with Crippen molar-refractivity contribution in [2.75, 3.05) is 0 Å². The van der Waals surface area contributed by atoms with Gasteiger partial charge in [0.25, 0.3) is 5.91 Å². The van der Waals surface area contributed by atoms with Gasteiger partial charge in [-0.2, -0.15) is 5.10 Å². The third kappa shape index (κ3) is 4.67. The molecule has 0 spiro atoms. The first-order valence-corrected chi connectivity index (χ1v) is 9.81. The van der Waals surface area contributed by atoms with Crippen LogP contribution in [0, 0.1) is 6.92 Å². The van der Waals surface area contributed by atoms with Crippen LogP contribution in [0.5, 0.6) is 5.75 Å². The Hall–Kier alpha value is -4.25. The molecule has 0 atom stereocenters. The number of hydrogen-bond acceptors (Lipinski definition) is 4. The SMILES string of the molecule is Cc1cccc(C(=O)Oc2ccc3ccccc3c2C=NNC(=O)c2ccccc2)c1. The molecular weight excluding hydrogens is 388 g/mol. The molecule has 152 valence electrons. The van der Waals surface area contributed by atoms with E-state index < -0.39 is 5.97 Å².